The Labute approximate surface area is 54.9 Å². The summed E-state index contributed by atoms with van der Waals surface area (Å²) in [6, 6.07) is 0.348. The van der Waals surface area contributed by atoms with Crippen molar-refractivity contribution >= 4 is 5.91 Å². The lowest BCUT2D eigenvalue weighted by Crippen LogP contribution is -2.17. The first-order chi connectivity index (χ1) is 4.13. The standard InChI is InChI=1S/C6H12N2O/c1-5(2)8-4-3-6(7)9/h3-5,8H,1-2H3,(H2,7,9). The molecule has 0 aliphatic heterocycles. The number of nitrogens with one attached hydrogen (secondary N) is 1. The third-order valence-electron chi connectivity index (χ3n) is 0.677. The van der Waals surface area contributed by atoms with Crippen LogP contribution in [0.1, 0.15) is 13.8 Å². The summed E-state index contributed by atoms with van der Waals surface area (Å²) in [5.41, 5.74) is 4.81. The Morgan fingerprint density at radius 1 is 1.67 bits per heavy atom. The highest BCUT2D eigenvalue weighted by atomic mass is 16.1. The van der Waals surface area contributed by atoms with E-state index in [1.165, 1.54) is 6.08 Å². The molecule has 0 aromatic carbocycles. The summed E-state index contributed by atoms with van der Waals surface area (Å²) in [5, 5.41) is 2.90. The zero-order valence-electron chi connectivity index (χ0n) is 5.72. The first kappa shape index (κ1) is 8.01. The van der Waals surface area contributed by atoms with Gasteiger partial charge in [-0.3, -0.25) is 4.79 Å². The van der Waals surface area contributed by atoms with Crippen molar-refractivity contribution in [2.45, 2.75) is 19.9 Å². The molecule has 0 aromatic heterocycles. The summed E-state index contributed by atoms with van der Waals surface area (Å²) < 4.78 is 0. The number of primary amides is 1. The van der Waals surface area contributed by atoms with Gasteiger partial charge in [0.25, 0.3) is 0 Å². The minimum Gasteiger partial charge on any atom is -0.389 e. The van der Waals surface area contributed by atoms with Crippen molar-refractivity contribution in [3.8, 4) is 0 Å². The molecule has 0 unspecified atom stereocenters. The topological polar surface area (TPSA) is 55.1 Å². The average molecular weight is 128 g/mol. The fourth-order valence-electron chi connectivity index (χ4n) is 0.323. The van der Waals surface area contributed by atoms with Gasteiger partial charge in [-0.05, 0) is 13.8 Å². The van der Waals surface area contributed by atoms with E-state index >= 15 is 0 Å². The Bertz CT molecular complexity index is 118. The van der Waals surface area contributed by atoms with E-state index < -0.39 is 5.91 Å². The zero-order valence-corrected chi connectivity index (χ0v) is 5.72. The molecule has 0 spiro atoms. The first-order valence-corrected chi connectivity index (χ1v) is 2.85. The molecule has 0 bridgehead atoms. The van der Waals surface area contributed by atoms with Crippen molar-refractivity contribution < 1.29 is 4.79 Å². The number of nitrogens with two attached hydrogens (primary N) is 1. The molecule has 3 nitrogen and oxygen atoms in total. The fourth-order valence-corrected chi connectivity index (χ4v) is 0.323. The maximum Gasteiger partial charge on any atom is 0.242 e. The Morgan fingerprint density at radius 2 is 2.22 bits per heavy atom. The Kier molecular flexibility index (Phi) is 3.51. The van der Waals surface area contributed by atoms with Crippen molar-refractivity contribution in [1.29, 1.82) is 0 Å². The minimum atomic E-state index is -0.428. The molecule has 0 fully saturated rings. The van der Waals surface area contributed by atoms with Gasteiger partial charge in [0.15, 0.2) is 0 Å². The lowest BCUT2D eigenvalue weighted by Gasteiger charge is -2.00. The summed E-state index contributed by atoms with van der Waals surface area (Å²) in [5.74, 6) is -0.428. The van der Waals surface area contributed by atoms with Gasteiger partial charge in [0.1, 0.15) is 0 Å². The average Bonchev–Trinajstić information content (AvgIpc) is 1.63. The van der Waals surface area contributed by atoms with E-state index in [0.29, 0.717) is 6.04 Å². The van der Waals surface area contributed by atoms with Crippen LogP contribution in [0, 0.1) is 0 Å². The minimum absolute atomic E-state index is 0.348. The summed E-state index contributed by atoms with van der Waals surface area (Å²) in [6.07, 6.45) is 2.84. The van der Waals surface area contributed by atoms with Crippen LogP contribution in [0.5, 0.6) is 0 Å². The second kappa shape index (κ2) is 3.95. The van der Waals surface area contributed by atoms with Crippen LogP contribution in [-0.2, 0) is 4.79 Å². The second-order valence-corrected chi connectivity index (χ2v) is 2.06. The lowest BCUT2D eigenvalue weighted by molar-refractivity contribution is -0.113. The maximum absolute atomic E-state index is 10.1. The van der Waals surface area contributed by atoms with Crippen molar-refractivity contribution in [3.63, 3.8) is 0 Å². The van der Waals surface area contributed by atoms with Crippen LogP contribution in [0.2, 0.25) is 0 Å². The van der Waals surface area contributed by atoms with Gasteiger partial charge in [-0.2, -0.15) is 0 Å². The smallest absolute Gasteiger partial charge is 0.242 e. The van der Waals surface area contributed by atoms with Crippen molar-refractivity contribution in [2.75, 3.05) is 0 Å². The van der Waals surface area contributed by atoms with Crippen LogP contribution in [-0.4, -0.2) is 11.9 Å². The summed E-state index contributed by atoms with van der Waals surface area (Å²) in [4.78, 5) is 10.1. The molecule has 0 aliphatic rings. The van der Waals surface area contributed by atoms with E-state index in [2.05, 4.69) is 5.32 Å². The number of carbonyl (C=O) groups is 1. The van der Waals surface area contributed by atoms with E-state index in [9.17, 15) is 4.79 Å². The molecule has 0 saturated carbocycles. The third kappa shape index (κ3) is 7.01. The molecule has 0 aromatic rings. The maximum atomic E-state index is 10.1. The van der Waals surface area contributed by atoms with Gasteiger partial charge in [-0.25, -0.2) is 0 Å². The van der Waals surface area contributed by atoms with E-state index in [-0.39, 0.29) is 0 Å². The summed E-state index contributed by atoms with van der Waals surface area (Å²) >= 11 is 0. The highest BCUT2D eigenvalue weighted by Crippen LogP contribution is 1.74. The van der Waals surface area contributed by atoms with Crippen molar-refractivity contribution in [2.24, 2.45) is 5.73 Å². The number of hydrogen-bond donors (Lipinski definition) is 2. The number of amides is 1. The molecule has 3 heteroatoms. The van der Waals surface area contributed by atoms with Crippen LogP contribution < -0.4 is 11.1 Å². The molecule has 52 valence electrons. The summed E-state index contributed by atoms with van der Waals surface area (Å²) in [7, 11) is 0. The summed E-state index contributed by atoms with van der Waals surface area (Å²) in [6.45, 7) is 3.96. The van der Waals surface area contributed by atoms with Crippen molar-refractivity contribution in [3.05, 3.63) is 12.3 Å². The molecular weight excluding hydrogens is 116 g/mol. The lowest BCUT2D eigenvalue weighted by atomic mass is 10.4. The van der Waals surface area contributed by atoms with Crippen LogP contribution in [0.3, 0.4) is 0 Å². The van der Waals surface area contributed by atoms with E-state index in [0.717, 1.165) is 0 Å². The van der Waals surface area contributed by atoms with Gasteiger partial charge in [0.05, 0.1) is 0 Å². The van der Waals surface area contributed by atoms with Gasteiger partial charge in [0, 0.05) is 18.3 Å². The predicted molar refractivity (Wildman–Crippen MR) is 36.6 cm³/mol. The Morgan fingerprint density at radius 3 is 2.56 bits per heavy atom. The van der Waals surface area contributed by atoms with Crippen LogP contribution in [0.4, 0.5) is 0 Å². The molecule has 0 heterocycles. The molecule has 1 amide bonds. The monoisotopic (exact) mass is 128 g/mol. The SMILES string of the molecule is CC(C)NC=CC(N)=O. The molecule has 3 N–H and O–H groups in total. The van der Waals surface area contributed by atoms with Crippen LogP contribution in [0.25, 0.3) is 0 Å². The van der Waals surface area contributed by atoms with Gasteiger partial charge in [-0.1, -0.05) is 0 Å². The quantitative estimate of drug-likeness (QED) is 0.525. The third-order valence-corrected chi connectivity index (χ3v) is 0.677. The Balaban J connectivity index is 3.36. The van der Waals surface area contributed by atoms with Crippen LogP contribution in [0.15, 0.2) is 12.3 Å². The van der Waals surface area contributed by atoms with Gasteiger partial charge >= 0.3 is 0 Å². The molecular formula is C6H12N2O. The van der Waals surface area contributed by atoms with Gasteiger partial charge in [-0.15, -0.1) is 0 Å². The Hall–Kier alpha value is -0.990. The normalized spacial score (nSPS) is 10.6. The van der Waals surface area contributed by atoms with E-state index in [1.807, 2.05) is 13.8 Å². The zero-order chi connectivity index (χ0) is 7.28. The van der Waals surface area contributed by atoms with E-state index in [4.69, 9.17) is 5.73 Å². The molecule has 0 radical (unpaired) electrons. The molecule has 0 aliphatic carbocycles. The molecule has 0 atom stereocenters. The van der Waals surface area contributed by atoms with Gasteiger partial charge < -0.3 is 11.1 Å². The fraction of sp³-hybridized carbons (Fsp3) is 0.500. The predicted octanol–water partition coefficient (Wildman–Crippen LogP) is -0.0166. The largest absolute Gasteiger partial charge is 0.389 e. The van der Waals surface area contributed by atoms with Crippen molar-refractivity contribution in [1.82, 2.24) is 5.32 Å². The highest BCUT2D eigenvalue weighted by Gasteiger charge is 1.84. The van der Waals surface area contributed by atoms with Gasteiger partial charge in [0.2, 0.25) is 5.91 Å². The number of carbonyl (C=O) groups excluding carboxylic acids is 1. The highest BCUT2D eigenvalue weighted by molar-refractivity contribution is 5.85. The van der Waals surface area contributed by atoms with E-state index in [1.54, 1.807) is 6.20 Å². The molecule has 9 heavy (non-hydrogen) atoms. The molecule has 0 rings (SSSR count). The molecule has 0 saturated heterocycles. The number of hydrogen-bond acceptors (Lipinski definition) is 2. The second-order valence-electron chi connectivity index (χ2n) is 2.06. The first-order valence-electron chi connectivity index (χ1n) is 2.85. The van der Waals surface area contributed by atoms with Crippen LogP contribution >= 0.6 is 0 Å². The number of rotatable bonds is 3.